The summed E-state index contributed by atoms with van der Waals surface area (Å²) in [6.07, 6.45) is 1.57. The number of ether oxygens (including phenoxy) is 1. The number of nitrogens with zero attached hydrogens (tertiary/aromatic N) is 1. The predicted octanol–water partition coefficient (Wildman–Crippen LogP) is 3.62. The second-order valence-corrected chi connectivity index (χ2v) is 6.64. The Hall–Kier alpha value is -3.28. The number of para-hydroxylation sites is 1. The minimum Gasteiger partial charge on any atom is -0.508 e. The number of carbonyl (C=O) groups excluding carboxylic acids is 2. The summed E-state index contributed by atoms with van der Waals surface area (Å²) in [5.74, 6) is -1.26. The molecule has 2 aromatic carbocycles. The van der Waals surface area contributed by atoms with Gasteiger partial charge >= 0.3 is 0 Å². The molecule has 1 saturated heterocycles. The molecule has 1 unspecified atom stereocenters. The van der Waals surface area contributed by atoms with E-state index in [0.29, 0.717) is 23.4 Å². The molecule has 6 heteroatoms. The average Bonchev–Trinajstić information content (AvgIpc) is 2.96. The molecule has 0 spiro atoms. The van der Waals surface area contributed by atoms with Crippen molar-refractivity contribution in [2.45, 2.75) is 25.8 Å². The van der Waals surface area contributed by atoms with Crippen molar-refractivity contribution in [1.29, 1.82) is 0 Å². The molecule has 1 fully saturated rings. The molecular formula is C22H23NO5. The number of phenolic OH excluding ortho intramolecular Hbond substituents is 1. The first-order chi connectivity index (χ1) is 13.5. The number of hydrogen-bond donors (Lipinski definition) is 2. The van der Waals surface area contributed by atoms with Crippen LogP contribution in [0.1, 0.15) is 36.9 Å². The molecule has 1 amide bonds. The van der Waals surface area contributed by atoms with Crippen LogP contribution in [0.3, 0.4) is 0 Å². The Balaban J connectivity index is 2.21. The highest BCUT2D eigenvalue weighted by atomic mass is 16.5. The third-order valence-corrected chi connectivity index (χ3v) is 4.84. The number of ketones is 1. The van der Waals surface area contributed by atoms with Crippen molar-refractivity contribution in [3.05, 3.63) is 65.2 Å². The van der Waals surface area contributed by atoms with Gasteiger partial charge in [-0.3, -0.25) is 9.59 Å². The predicted molar refractivity (Wildman–Crippen MR) is 105 cm³/mol. The van der Waals surface area contributed by atoms with Gasteiger partial charge in [0.1, 0.15) is 17.3 Å². The van der Waals surface area contributed by atoms with Crippen LogP contribution in [0.5, 0.6) is 11.5 Å². The molecule has 2 aromatic rings. The smallest absolute Gasteiger partial charge is 0.295 e. The van der Waals surface area contributed by atoms with Gasteiger partial charge in [-0.25, -0.2) is 0 Å². The Kier molecular flexibility index (Phi) is 5.68. The van der Waals surface area contributed by atoms with Crippen LogP contribution < -0.4 is 4.74 Å². The number of likely N-dealkylation sites (tertiary alicyclic amines) is 1. The highest BCUT2D eigenvalue weighted by molar-refractivity contribution is 6.46. The van der Waals surface area contributed by atoms with E-state index in [-0.39, 0.29) is 17.1 Å². The molecule has 146 valence electrons. The summed E-state index contributed by atoms with van der Waals surface area (Å²) < 4.78 is 5.30. The van der Waals surface area contributed by atoms with Crippen molar-refractivity contribution in [1.82, 2.24) is 4.90 Å². The van der Waals surface area contributed by atoms with Gasteiger partial charge in [0.05, 0.1) is 24.3 Å². The molecule has 0 bridgehead atoms. The fourth-order valence-corrected chi connectivity index (χ4v) is 3.47. The number of benzene rings is 2. The highest BCUT2D eigenvalue weighted by Crippen LogP contribution is 2.41. The number of aliphatic hydroxyl groups is 1. The van der Waals surface area contributed by atoms with E-state index in [1.807, 2.05) is 6.92 Å². The largest absolute Gasteiger partial charge is 0.508 e. The number of carbonyl (C=O) groups is 2. The minimum atomic E-state index is -0.774. The molecule has 28 heavy (non-hydrogen) atoms. The maximum Gasteiger partial charge on any atom is 0.295 e. The molecule has 6 nitrogen and oxygen atoms in total. The Morgan fingerprint density at radius 1 is 1.14 bits per heavy atom. The number of phenols is 1. The van der Waals surface area contributed by atoms with Gasteiger partial charge in [-0.15, -0.1) is 0 Å². The number of aliphatic hydroxyl groups excluding tert-OH is 1. The molecule has 2 N–H and O–H groups in total. The monoisotopic (exact) mass is 381 g/mol. The molecule has 0 radical (unpaired) electrons. The van der Waals surface area contributed by atoms with Gasteiger partial charge in [0, 0.05) is 6.54 Å². The van der Waals surface area contributed by atoms with Crippen molar-refractivity contribution < 1.29 is 24.5 Å². The summed E-state index contributed by atoms with van der Waals surface area (Å²) in [6, 6.07) is 12.4. The highest BCUT2D eigenvalue weighted by Gasteiger charge is 2.46. The summed E-state index contributed by atoms with van der Waals surface area (Å²) >= 11 is 0. The third-order valence-electron chi connectivity index (χ3n) is 4.84. The van der Waals surface area contributed by atoms with E-state index >= 15 is 0 Å². The van der Waals surface area contributed by atoms with E-state index in [1.54, 1.807) is 36.4 Å². The Morgan fingerprint density at radius 3 is 2.57 bits per heavy atom. The molecule has 0 aromatic heterocycles. The standard InChI is InChI=1S/C22H23NO5/c1-3-4-12-23-19(14-8-7-9-15(24)13-14)18(21(26)22(23)27)20(25)16-10-5-6-11-17(16)28-2/h5-11,13,19,24-25H,3-4,12H2,1-2H3/b20-18-. The zero-order valence-electron chi connectivity index (χ0n) is 15.9. The van der Waals surface area contributed by atoms with Gasteiger partial charge in [0.15, 0.2) is 0 Å². The van der Waals surface area contributed by atoms with E-state index in [9.17, 15) is 19.8 Å². The minimum absolute atomic E-state index is 0.00352. The molecule has 1 aliphatic heterocycles. The SMILES string of the molecule is CCCCN1C(=O)C(=O)/C(=C(\O)c2ccccc2OC)C1c1cccc(O)c1. The first-order valence-electron chi connectivity index (χ1n) is 9.20. The van der Waals surface area contributed by atoms with Gasteiger partial charge < -0.3 is 19.8 Å². The number of unbranched alkanes of at least 4 members (excludes halogenated alkanes) is 1. The van der Waals surface area contributed by atoms with Crippen molar-refractivity contribution in [3.8, 4) is 11.5 Å². The van der Waals surface area contributed by atoms with Crippen molar-refractivity contribution in [2.24, 2.45) is 0 Å². The van der Waals surface area contributed by atoms with E-state index < -0.39 is 17.7 Å². The lowest BCUT2D eigenvalue weighted by Gasteiger charge is -2.25. The molecule has 1 aliphatic rings. The summed E-state index contributed by atoms with van der Waals surface area (Å²) in [4.78, 5) is 27.0. The quantitative estimate of drug-likeness (QED) is 0.453. The second kappa shape index (κ2) is 8.17. The third kappa shape index (κ3) is 3.45. The van der Waals surface area contributed by atoms with Crippen LogP contribution in [-0.2, 0) is 9.59 Å². The van der Waals surface area contributed by atoms with Crippen LogP contribution in [0.4, 0.5) is 0 Å². The van der Waals surface area contributed by atoms with Gasteiger partial charge in [-0.2, -0.15) is 0 Å². The molecule has 3 rings (SSSR count). The number of amides is 1. The summed E-state index contributed by atoms with van der Waals surface area (Å²) in [7, 11) is 1.47. The van der Waals surface area contributed by atoms with E-state index in [4.69, 9.17) is 4.74 Å². The van der Waals surface area contributed by atoms with Crippen LogP contribution in [0, 0.1) is 0 Å². The van der Waals surface area contributed by atoms with Crippen LogP contribution >= 0.6 is 0 Å². The zero-order valence-corrected chi connectivity index (χ0v) is 15.9. The van der Waals surface area contributed by atoms with Gasteiger partial charge in [0.2, 0.25) is 0 Å². The van der Waals surface area contributed by atoms with E-state index in [1.165, 1.54) is 24.1 Å². The van der Waals surface area contributed by atoms with Gasteiger partial charge in [-0.05, 0) is 36.2 Å². The van der Waals surface area contributed by atoms with Crippen LogP contribution in [0.25, 0.3) is 5.76 Å². The summed E-state index contributed by atoms with van der Waals surface area (Å²) in [5.41, 5.74) is 0.895. The molecule has 1 atom stereocenters. The maximum absolute atomic E-state index is 12.8. The Morgan fingerprint density at radius 2 is 1.89 bits per heavy atom. The lowest BCUT2D eigenvalue weighted by Crippen LogP contribution is -2.30. The number of rotatable bonds is 6. The van der Waals surface area contributed by atoms with Crippen molar-refractivity contribution in [2.75, 3.05) is 13.7 Å². The lowest BCUT2D eigenvalue weighted by molar-refractivity contribution is -0.139. The Bertz CT molecular complexity index is 934. The maximum atomic E-state index is 12.8. The number of aromatic hydroxyl groups is 1. The summed E-state index contributed by atoms with van der Waals surface area (Å²) in [5, 5.41) is 20.9. The van der Waals surface area contributed by atoms with Crippen LogP contribution in [0.15, 0.2) is 54.1 Å². The van der Waals surface area contributed by atoms with E-state index in [2.05, 4.69) is 0 Å². The summed E-state index contributed by atoms with van der Waals surface area (Å²) in [6.45, 7) is 2.37. The average molecular weight is 381 g/mol. The fourth-order valence-electron chi connectivity index (χ4n) is 3.47. The number of Topliss-reactive ketones (excluding diaryl/α,β-unsaturated/α-hetero) is 1. The topological polar surface area (TPSA) is 87.1 Å². The molecular weight excluding hydrogens is 358 g/mol. The fraction of sp³-hybridized carbons (Fsp3) is 0.273. The first kappa shape index (κ1) is 19.5. The van der Waals surface area contributed by atoms with Crippen molar-refractivity contribution in [3.63, 3.8) is 0 Å². The number of hydrogen-bond acceptors (Lipinski definition) is 5. The molecule has 0 aliphatic carbocycles. The first-order valence-corrected chi connectivity index (χ1v) is 9.20. The second-order valence-electron chi connectivity index (χ2n) is 6.64. The van der Waals surface area contributed by atoms with Crippen LogP contribution in [-0.4, -0.2) is 40.5 Å². The normalized spacial score (nSPS) is 18.5. The lowest BCUT2D eigenvalue weighted by atomic mass is 9.95. The Labute approximate surface area is 163 Å². The molecule has 1 heterocycles. The zero-order chi connectivity index (χ0) is 20.3. The molecule has 0 saturated carbocycles. The van der Waals surface area contributed by atoms with Gasteiger partial charge in [0.25, 0.3) is 11.7 Å². The van der Waals surface area contributed by atoms with Gasteiger partial charge in [-0.1, -0.05) is 37.6 Å². The van der Waals surface area contributed by atoms with Crippen molar-refractivity contribution >= 4 is 17.4 Å². The van der Waals surface area contributed by atoms with Crippen LogP contribution in [0.2, 0.25) is 0 Å². The number of methoxy groups -OCH3 is 1. The van der Waals surface area contributed by atoms with E-state index in [0.717, 1.165) is 12.8 Å².